The van der Waals surface area contributed by atoms with Gasteiger partial charge in [0.15, 0.2) is 5.16 Å². The number of halogens is 1. The van der Waals surface area contributed by atoms with E-state index in [1.807, 2.05) is 18.3 Å². The van der Waals surface area contributed by atoms with E-state index in [0.29, 0.717) is 5.75 Å². The van der Waals surface area contributed by atoms with Gasteiger partial charge in [-0.25, -0.2) is 4.98 Å². The minimum Gasteiger partial charge on any atom is -0.287 e. The molecule has 23 heavy (non-hydrogen) atoms. The van der Waals surface area contributed by atoms with Gasteiger partial charge in [-0.2, -0.15) is 5.26 Å². The molecule has 3 rings (SSSR count). The SMILES string of the molecule is Cc1ccc(-n2c(-c3ccc(Br)cc3)cnc2SCC#N)cc1. The van der Waals surface area contributed by atoms with Gasteiger partial charge >= 0.3 is 0 Å². The summed E-state index contributed by atoms with van der Waals surface area (Å²) in [6, 6.07) is 18.6. The molecule has 0 radical (unpaired) electrons. The molecule has 0 aliphatic heterocycles. The summed E-state index contributed by atoms with van der Waals surface area (Å²) in [7, 11) is 0. The second kappa shape index (κ2) is 7.03. The maximum absolute atomic E-state index is 8.87. The Balaban J connectivity index is 2.12. The van der Waals surface area contributed by atoms with Crippen LogP contribution in [0.5, 0.6) is 0 Å². The van der Waals surface area contributed by atoms with E-state index in [-0.39, 0.29) is 0 Å². The highest BCUT2D eigenvalue weighted by atomic mass is 79.9. The Morgan fingerprint density at radius 2 is 1.83 bits per heavy atom. The predicted octanol–water partition coefficient (Wildman–Crippen LogP) is 5.23. The second-order valence-corrected chi connectivity index (χ2v) is 6.91. The molecule has 1 heterocycles. The molecule has 3 aromatic rings. The molecule has 0 spiro atoms. The number of imidazole rings is 1. The number of thioether (sulfide) groups is 1. The van der Waals surface area contributed by atoms with Gasteiger partial charge in [0.25, 0.3) is 0 Å². The highest BCUT2D eigenvalue weighted by Crippen LogP contribution is 2.30. The lowest BCUT2D eigenvalue weighted by atomic mass is 10.1. The van der Waals surface area contributed by atoms with Gasteiger partial charge in [-0.1, -0.05) is 57.5 Å². The molecule has 114 valence electrons. The molecule has 0 unspecified atom stereocenters. The van der Waals surface area contributed by atoms with Crippen molar-refractivity contribution in [3.8, 4) is 23.0 Å². The number of nitriles is 1. The fourth-order valence-electron chi connectivity index (χ4n) is 2.30. The summed E-state index contributed by atoms with van der Waals surface area (Å²) in [4.78, 5) is 4.51. The summed E-state index contributed by atoms with van der Waals surface area (Å²) >= 11 is 4.91. The van der Waals surface area contributed by atoms with Crippen molar-refractivity contribution in [2.45, 2.75) is 12.1 Å². The molecule has 0 aliphatic carbocycles. The van der Waals surface area contributed by atoms with Crippen LogP contribution in [0, 0.1) is 18.3 Å². The average molecular weight is 384 g/mol. The Morgan fingerprint density at radius 1 is 1.13 bits per heavy atom. The van der Waals surface area contributed by atoms with Crippen molar-refractivity contribution >= 4 is 27.7 Å². The first-order valence-electron chi connectivity index (χ1n) is 7.09. The first-order chi connectivity index (χ1) is 11.2. The number of hydrogen-bond donors (Lipinski definition) is 0. The van der Waals surface area contributed by atoms with Gasteiger partial charge in [0, 0.05) is 15.7 Å². The van der Waals surface area contributed by atoms with E-state index >= 15 is 0 Å². The molecule has 2 aromatic carbocycles. The first-order valence-corrected chi connectivity index (χ1v) is 8.87. The van der Waals surface area contributed by atoms with Crippen molar-refractivity contribution in [3.05, 3.63) is 64.8 Å². The molecule has 5 heteroatoms. The lowest BCUT2D eigenvalue weighted by Gasteiger charge is -2.12. The summed E-state index contributed by atoms with van der Waals surface area (Å²) in [6.07, 6.45) is 1.86. The summed E-state index contributed by atoms with van der Waals surface area (Å²) in [6.45, 7) is 2.07. The molecule has 0 fully saturated rings. The Morgan fingerprint density at radius 3 is 2.48 bits per heavy atom. The summed E-state index contributed by atoms with van der Waals surface area (Å²) < 4.78 is 3.15. The highest BCUT2D eigenvalue weighted by molar-refractivity contribution is 9.10. The van der Waals surface area contributed by atoms with Crippen LogP contribution in [0.2, 0.25) is 0 Å². The van der Waals surface area contributed by atoms with Crippen LogP contribution >= 0.6 is 27.7 Å². The molecule has 0 saturated heterocycles. The Labute approximate surface area is 148 Å². The standard InChI is InChI=1S/C18H14BrN3S/c1-13-2-8-16(9-3-13)22-17(12-21-18(22)23-11-10-20)14-4-6-15(19)7-5-14/h2-9,12H,11H2,1H3. The summed E-state index contributed by atoms with van der Waals surface area (Å²) in [5.74, 6) is 0.378. The largest absolute Gasteiger partial charge is 0.287 e. The van der Waals surface area contributed by atoms with Crippen molar-refractivity contribution in [3.63, 3.8) is 0 Å². The van der Waals surface area contributed by atoms with Gasteiger partial charge in [-0.05, 0) is 31.2 Å². The van der Waals surface area contributed by atoms with Crippen LogP contribution in [0.25, 0.3) is 16.9 Å². The van der Waals surface area contributed by atoms with E-state index in [9.17, 15) is 0 Å². The number of nitrogens with zero attached hydrogens (tertiary/aromatic N) is 3. The molecule has 0 bridgehead atoms. The van der Waals surface area contributed by atoms with Crippen LogP contribution in [0.1, 0.15) is 5.56 Å². The zero-order chi connectivity index (χ0) is 16.2. The van der Waals surface area contributed by atoms with E-state index < -0.39 is 0 Å². The Hall–Kier alpha value is -2.03. The second-order valence-electron chi connectivity index (χ2n) is 5.05. The molecule has 0 aliphatic rings. The minimum atomic E-state index is 0.378. The third-order valence-electron chi connectivity index (χ3n) is 3.43. The number of aryl methyl sites for hydroxylation is 1. The van der Waals surface area contributed by atoms with Gasteiger partial charge < -0.3 is 0 Å². The molecule has 0 amide bonds. The normalized spacial score (nSPS) is 10.5. The van der Waals surface area contributed by atoms with E-state index in [0.717, 1.165) is 26.6 Å². The molecule has 1 aromatic heterocycles. The average Bonchev–Trinajstić information content (AvgIpc) is 2.98. The van der Waals surface area contributed by atoms with Crippen LogP contribution in [-0.4, -0.2) is 15.3 Å². The minimum absolute atomic E-state index is 0.378. The topological polar surface area (TPSA) is 41.6 Å². The number of aromatic nitrogens is 2. The van der Waals surface area contributed by atoms with Gasteiger partial charge in [0.1, 0.15) is 0 Å². The van der Waals surface area contributed by atoms with Crippen LogP contribution in [0.15, 0.2) is 64.4 Å². The first kappa shape index (κ1) is 15.9. The molecular weight excluding hydrogens is 370 g/mol. The fraction of sp³-hybridized carbons (Fsp3) is 0.111. The zero-order valence-electron chi connectivity index (χ0n) is 12.5. The lowest BCUT2D eigenvalue weighted by Crippen LogP contribution is -1.99. The third-order valence-corrected chi connectivity index (χ3v) is 4.78. The van der Waals surface area contributed by atoms with Gasteiger partial charge in [-0.15, -0.1) is 0 Å². The van der Waals surface area contributed by atoms with Crippen LogP contribution in [-0.2, 0) is 0 Å². The maximum Gasteiger partial charge on any atom is 0.174 e. The quantitative estimate of drug-likeness (QED) is 0.579. The van der Waals surface area contributed by atoms with Crippen molar-refractivity contribution < 1.29 is 0 Å². The smallest absolute Gasteiger partial charge is 0.174 e. The molecule has 0 saturated carbocycles. The number of rotatable bonds is 4. The van der Waals surface area contributed by atoms with E-state index in [2.05, 4.69) is 74.9 Å². The van der Waals surface area contributed by atoms with Gasteiger partial charge in [0.2, 0.25) is 0 Å². The van der Waals surface area contributed by atoms with Crippen molar-refractivity contribution in [1.82, 2.24) is 9.55 Å². The fourth-order valence-corrected chi connectivity index (χ4v) is 3.22. The van der Waals surface area contributed by atoms with Gasteiger partial charge in [0.05, 0.1) is 23.7 Å². The van der Waals surface area contributed by atoms with E-state index in [1.54, 1.807) is 0 Å². The number of hydrogen-bond acceptors (Lipinski definition) is 3. The van der Waals surface area contributed by atoms with Crippen molar-refractivity contribution in [2.24, 2.45) is 0 Å². The summed E-state index contributed by atoms with van der Waals surface area (Å²) in [5, 5.41) is 9.69. The van der Waals surface area contributed by atoms with E-state index in [4.69, 9.17) is 5.26 Å². The molecule has 3 nitrogen and oxygen atoms in total. The van der Waals surface area contributed by atoms with Crippen LogP contribution < -0.4 is 0 Å². The lowest BCUT2D eigenvalue weighted by molar-refractivity contribution is 0.901. The maximum atomic E-state index is 8.87. The van der Waals surface area contributed by atoms with Gasteiger partial charge in [-0.3, -0.25) is 4.57 Å². The zero-order valence-corrected chi connectivity index (χ0v) is 14.9. The molecule has 0 N–H and O–H groups in total. The van der Waals surface area contributed by atoms with Crippen molar-refractivity contribution in [2.75, 3.05) is 5.75 Å². The monoisotopic (exact) mass is 383 g/mol. The highest BCUT2D eigenvalue weighted by Gasteiger charge is 2.14. The predicted molar refractivity (Wildman–Crippen MR) is 97.8 cm³/mol. The molecular formula is C18H14BrN3S. The Kier molecular flexibility index (Phi) is 4.85. The summed E-state index contributed by atoms with van der Waals surface area (Å²) in [5.41, 5.74) is 4.36. The van der Waals surface area contributed by atoms with Crippen LogP contribution in [0.4, 0.5) is 0 Å². The van der Waals surface area contributed by atoms with E-state index in [1.165, 1.54) is 17.3 Å². The van der Waals surface area contributed by atoms with Crippen molar-refractivity contribution in [1.29, 1.82) is 5.26 Å². The third kappa shape index (κ3) is 3.49. The Bertz CT molecular complexity index is 845. The van der Waals surface area contributed by atoms with Crippen LogP contribution in [0.3, 0.4) is 0 Å². The molecule has 0 atom stereocenters. The number of benzene rings is 2.